The molecule has 0 unspecified atom stereocenters. The quantitative estimate of drug-likeness (QED) is 0.282. The molecule has 0 radical (unpaired) electrons. The van der Waals surface area contributed by atoms with Crippen LogP contribution in [0.3, 0.4) is 0 Å². The number of rotatable bonds is 8. The number of nitrogens with zero attached hydrogens (tertiary/aromatic N) is 2. The molecule has 3 aromatic rings. The second-order valence-electron chi connectivity index (χ2n) is 6.69. The smallest absolute Gasteiger partial charge is 0.321 e. The van der Waals surface area contributed by atoms with Gasteiger partial charge in [0.05, 0.1) is 16.7 Å². The lowest BCUT2D eigenvalue weighted by Crippen LogP contribution is -2.40. The average molecular weight is 491 g/mol. The van der Waals surface area contributed by atoms with Gasteiger partial charge in [0.25, 0.3) is 5.56 Å². The van der Waals surface area contributed by atoms with Crippen LogP contribution in [-0.4, -0.2) is 33.8 Å². The van der Waals surface area contributed by atoms with Crippen molar-refractivity contribution in [1.82, 2.24) is 20.2 Å². The first kappa shape index (κ1) is 23.8. The Morgan fingerprint density at radius 1 is 1.19 bits per heavy atom. The van der Waals surface area contributed by atoms with Crippen LogP contribution in [0.1, 0.15) is 5.56 Å². The number of urea groups is 1. The van der Waals surface area contributed by atoms with E-state index in [0.29, 0.717) is 39.1 Å². The number of aromatic nitrogens is 2. The molecule has 32 heavy (non-hydrogen) atoms. The third-order valence-electron chi connectivity index (χ3n) is 4.44. The van der Waals surface area contributed by atoms with Crippen LogP contribution in [-0.2, 0) is 17.8 Å². The van der Waals surface area contributed by atoms with Crippen molar-refractivity contribution in [2.24, 2.45) is 0 Å². The lowest BCUT2D eigenvalue weighted by Gasteiger charge is -2.14. The number of amides is 3. The molecule has 1 heterocycles. The maximum atomic E-state index is 13.1. The van der Waals surface area contributed by atoms with Crippen molar-refractivity contribution in [1.29, 1.82) is 0 Å². The van der Waals surface area contributed by atoms with Crippen LogP contribution in [0.25, 0.3) is 10.9 Å². The molecule has 0 saturated heterocycles. The normalized spacial score (nSPS) is 10.7. The third kappa shape index (κ3) is 6.12. The highest BCUT2D eigenvalue weighted by atomic mass is 35.5. The van der Waals surface area contributed by atoms with Crippen molar-refractivity contribution in [2.75, 3.05) is 12.3 Å². The second-order valence-corrected chi connectivity index (χ2v) is 8.48. The van der Waals surface area contributed by atoms with Gasteiger partial charge in [-0.15, -0.1) is 6.58 Å². The molecule has 0 atom stereocenters. The molecule has 0 bridgehead atoms. The molecule has 2 N–H and O–H groups in total. The van der Waals surface area contributed by atoms with E-state index in [1.165, 1.54) is 10.6 Å². The van der Waals surface area contributed by atoms with E-state index in [2.05, 4.69) is 22.2 Å². The molecular weight excluding hydrogens is 471 g/mol. The van der Waals surface area contributed by atoms with Crippen LogP contribution in [0.5, 0.6) is 0 Å². The fraction of sp³-hybridized carbons (Fsp3) is 0.182. The Kier molecular flexibility index (Phi) is 8.33. The fourth-order valence-corrected chi connectivity index (χ4v) is 4.24. The average Bonchev–Trinajstić information content (AvgIpc) is 2.77. The molecule has 0 fully saturated rings. The molecule has 0 saturated carbocycles. The number of carbonyl (C=O) groups excluding carboxylic acids is 2. The van der Waals surface area contributed by atoms with Gasteiger partial charge in [-0.05, 0) is 36.2 Å². The zero-order valence-electron chi connectivity index (χ0n) is 16.9. The summed E-state index contributed by atoms with van der Waals surface area (Å²) in [6.07, 6.45) is 1.98. The van der Waals surface area contributed by atoms with Crippen molar-refractivity contribution < 1.29 is 9.59 Å². The van der Waals surface area contributed by atoms with Crippen LogP contribution in [0.15, 0.2) is 65.1 Å². The van der Waals surface area contributed by atoms with Gasteiger partial charge in [0.1, 0.15) is 0 Å². The van der Waals surface area contributed by atoms with E-state index in [9.17, 15) is 14.4 Å². The predicted molar refractivity (Wildman–Crippen MR) is 129 cm³/mol. The summed E-state index contributed by atoms with van der Waals surface area (Å²) in [6, 6.07) is 11.6. The summed E-state index contributed by atoms with van der Waals surface area (Å²) < 4.78 is 1.52. The van der Waals surface area contributed by atoms with Gasteiger partial charge in [0.2, 0.25) is 5.91 Å². The standard InChI is InChI=1S/C22H20Cl2N4O3S/c1-2-10-25-21(31)27-19(29)13-32-22-26-18-6-4-3-5-16(18)20(30)28(22)11-9-14-7-8-15(23)12-17(14)24/h2-8,12H,1,9-11,13H2,(H2,25,27,29,31). The lowest BCUT2D eigenvalue weighted by atomic mass is 10.1. The zero-order chi connectivity index (χ0) is 23.1. The lowest BCUT2D eigenvalue weighted by molar-refractivity contribution is -0.117. The van der Waals surface area contributed by atoms with Crippen molar-refractivity contribution in [3.05, 3.63) is 81.1 Å². The topological polar surface area (TPSA) is 93.1 Å². The molecule has 0 spiro atoms. The number of hydrogen-bond acceptors (Lipinski definition) is 5. The molecule has 0 aliphatic carbocycles. The van der Waals surface area contributed by atoms with E-state index in [4.69, 9.17) is 23.2 Å². The van der Waals surface area contributed by atoms with E-state index in [0.717, 1.165) is 17.3 Å². The first-order chi connectivity index (χ1) is 15.4. The van der Waals surface area contributed by atoms with Crippen LogP contribution in [0.4, 0.5) is 4.79 Å². The Hall–Kier alpha value is -2.81. The molecule has 0 aliphatic heterocycles. The summed E-state index contributed by atoms with van der Waals surface area (Å²) >= 11 is 13.3. The first-order valence-corrected chi connectivity index (χ1v) is 11.4. The molecule has 1 aromatic heterocycles. The van der Waals surface area contributed by atoms with Gasteiger partial charge in [-0.1, -0.05) is 59.2 Å². The number of thioether (sulfide) groups is 1. The number of para-hydroxylation sites is 1. The van der Waals surface area contributed by atoms with Gasteiger partial charge >= 0.3 is 6.03 Å². The van der Waals surface area contributed by atoms with Crippen LogP contribution in [0, 0.1) is 0 Å². The fourth-order valence-electron chi connectivity index (χ4n) is 2.91. The van der Waals surface area contributed by atoms with E-state index >= 15 is 0 Å². The van der Waals surface area contributed by atoms with Gasteiger partial charge in [-0.2, -0.15) is 0 Å². The summed E-state index contributed by atoms with van der Waals surface area (Å²) in [5.41, 5.74) is 1.15. The number of benzene rings is 2. The minimum Gasteiger partial charge on any atom is -0.334 e. The summed E-state index contributed by atoms with van der Waals surface area (Å²) in [7, 11) is 0. The predicted octanol–water partition coefficient (Wildman–Crippen LogP) is 4.05. The summed E-state index contributed by atoms with van der Waals surface area (Å²) in [6.45, 7) is 4.04. The Labute approximate surface area is 198 Å². The molecule has 10 heteroatoms. The Balaban J connectivity index is 1.82. The highest BCUT2D eigenvalue weighted by Gasteiger charge is 2.15. The zero-order valence-corrected chi connectivity index (χ0v) is 19.3. The summed E-state index contributed by atoms with van der Waals surface area (Å²) in [5.74, 6) is -0.597. The van der Waals surface area contributed by atoms with Crippen molar-refractivity contribution in [2.45, 2.75) is 18.1 Å². The van der Waals surface area contributed by atoms with Crippen LogP contribution in [0.2, 0.25) is 10.0 Å². The number of carbonyl (C=O) groups is 2. The number of halogens is 2. The first-order valence-electron chi connectivity index (χ1n) is 9.64. The molecule has 166 valence electrons. The third-order valence-corrected chi connectivity index (χ3v) is 6.00. The van der Waals surface area contributed by atoms with Gasteiger partial charge in [0.15, 0.2) is 5.16 Å². The van der Waals surface area contributed by atoms with Crippen molar-refractivity contribution in [3.63, 3.8) is 0 Å². The number of imide groups is 1. The monoisotopic (exact) mass is 490 g/mol. The molecule has 7 nitrogen and oxygen atoms in total. The van der Waals surface area contributed by atoms with E-state index in [1.54, 1.807) is 36.4 Å². The highest BCUT2D eigenvalue weighted by Crippen LogP contribution is 2.23. The molecular formula is C22H20Cl2N4O3S. The minimum absolute atomic E-state index is 0.0893. The van der Waals surface area contributed by atoms with Gasteiger partial charge < -0.3 is 5.32 Å². The maximum Gasteiger partial charge on any atom is 0.321 e. The van der Waals surface area contributed by atoms with E-state index in [1.807, 2.05) is 6.07 Å². The minimum atomic E-state index is -0.614. The van der Waals surface area contributed by atoms with Gasteiger partial charge in [-0.25, -0.2) is 9.78 Å². The Morgan fingerprint density at radius 3 is 2.72 bits per heavy atom. The Morgan fingerprint density at radius 2 is 1.97 bits per heavy atom. The number of aryl methyl sites for hydroxylation is 1. The summed E-state index contributed by atoms with van der Waals surface area (Å²) in [4.78, 5) is 41.5. The Bertz CT molecular complexity index is 1230. The van der Waals surface area contributed by atoms with Gasteiger partial charge in [0, 0.05) is 23.1 Å². The molecule has 3 rings (SSSR count). The maximum absolute atomic E-state index is 13.1. The summed E-state index contributed by atoms with van der Waals surface area (Å²) in [5, 5.41) is 6.58. The molecule has 2 aromatic carbocycles. The number of nitrogens with one attached hydrogen (secondary N) is 2. The van der Waals surface area contributed by atoms with Crippen LogP contribution < -0.4 is 16.2 Å². The molecule has 3 amide bonds. The second kappa shape index (κ2) is 11.2. The SMILES string of the molecule is C=CCNC(=O)NC(=O)CSc1nc2ccccc2c(=O)n1CCc1ccc(Cl)cc1Cl. The number of hydrogen-bond donors (Lipinski definition) is 2. The molecule has 0 aliphatic rings. The van der Waals surface area contributed by atoms with E-state index in [-0.39, 0.29) is 17.9 Å². The highest BCUT2D eigenvalue weighted by molar-refractivity contribution is 7.99. The van der Waals surface area contributed by atoms with Gasteiger partial charge in [-0.3, -0.25) is 19.5 Å². The van der Waals surface area contributed by atoms with Crippen LogP contribution >= 0.6 is 35.0 Å². The van der Waals surface area contributed by atoms with Crippen molar-refractivity contribution >= 4 is 57.8 Å². The van der Waals surface area contributed by atoms with Crippen molar-refractivity contribution in [3.8, 4) is 0 Å². The number of fused-ring (bicyclic) bond motifs is 1. The largest absolute Gasteiger partial charge is 0.334 e. The van der Waals surface area contributed by atoms with E-state index < -0.39 is 11.9 Å².